The van der Waals surface area contributed by atoms with Gasteiger partial charge in [-0.3, -0.25) is 0 Å². The molecule has 1 saturated heterocycles. The van der Waals surface area contributed by atoms with E-state index in [0.717, 1.165) is 12.0 Å². The molecule has 2 aliphatic rings. The molecule has 2 aromatic rings. The average molecular weight is 328 g/mol. The van der Waals surface area contributed by atoms with Gasteiger partial charge in [-0.15, -0.1) is 0 Å². The van der Waals surface area contributed by atoms with E-state index in [1.807, 2.05) is 18.2 Å². The Morgan fingerprint density at radius 1 is 1.17 bits per heavy atom. The van der Waals surface area contributed by atoms with E-state index in [-0.39, 0.29) is 30.2 Å². The molecule has 126 valence electrons. The topological polar surface area (TPSA) is 27.7 Å². The lowest BCUT2D eigenvalue weighted by molar-refractivity contribution is -0.0861. The Hall–Kier alpha value is -1.75. The number of hydrogen-bond donors (Lipinski definition) is 0. The van der Waals surface area contributed by atoms with Crippen molar-refractivity contribution in [1.29, 1.82) is 0 Å². The minimum atomic E-state index is -0.244. The first-order valence-corrected chi connectivity index (χ1v) is 8.47. The summed E-state index contributed by atoms with van der Waals surface area (Å²) in [5.74, 6) is -0.244. The van der Waals surface area contributed by atoms with E-state index in [1.54, 1.807) is 6.07 Å². The molecule has 3 nitrogen and oxygen atoms in total. The van der Waals surface area contributed by atoms with Crippen molar-refractivity contribution in [2.24, 2.45) is 0 Å². The Bertz CT molecular complexity index is 718. The van der Waals surface area contributed by atoms with E-state index >= 15 is 0 Å². The lowest BCUT2D eigenvalue weighted by atomic mass is 9.94. The zero-order valence-electron chi connectivity index (χ0n) is 13.7. The Kier molecular flexibility index (Phi) is 4.35. The fraction of sp³-hybridized carbons (Fsp3) is 0.400. The average Bonchev–Trinajstić information content (AvgIpc) is 2.98. The highest BCUT2D eigenvalue weighted by atomic mass is 19.1. The summed E-state index contributed by atoms with van der Waals surface area (Å²) in [7, 11) is 0. The van der Waals surface area contributed by atoms with Crippen LogP contribution in [0.1, 0.15) is 36.1 Å². The zero-order valence-corrected chi connectivity index (χ0v) is 13.7. The molecule has 4 heteroatoms. The van der Waals surface area contributed by atoms with Crippen LogP contribution in [0.15, 0.2) is 48.5 Å². The largest absolute Gasteiger partial charge is 0.368 e. The van der Waals surface area contributed by atoms with Crippen LogP contribution in [0.5, 0.6) is 0 Å². The maximum Gasteiger partial charge on any atom is 0.123 e. The van der Waals surface area contributed by atoms with Gasteiger partial charge in [0.15, 0.2) is 0 Å². The van der Waals surface area contributed by atoms with Crippen LogP contribution in [0.25, 0.3) is 0 Å². The van der Waals surface area contributed by atoms with E-state index in [4.69, 9.17) is 14.2 Å². The first kappa shape index (κ1) is 15.8. The molecule has 1 fully saturated rings. The summed E-state index contributed by atoms with van der Waals surface area (Å²) in [5.41, 5.74) is 3.20. The second kappa shape index (κ2) is 6.63. The molecule has 24 heavy (non-hydrogen) atoms. The highest BCUT2D eigenvalue weighted by molar-refractivity contribution is 5.32. The van der Waals surface area contributed by atoms with E-state index in [1.165, 1.54) is 23.3 Å². The van der Waals surface area contributed by atoms with Gasteiger partial charge in [0, 0.05) is 0 Å². The van der Waals surface area contributed by atoms with Gasteiger partial charge in [-0.2, -0.15) is 0 Å². The van der Waals surface area contributed by atoms with Crippen LogP contribution in [0.4, 0.5) is 4.39 Å². The molecule has 4 atom stereocenters. The third-order valence-corrected chi connectivity index (χ3v) is 4.84. The predicted octanol–water partition coefficient (Wildman–Crippen LogP) is 4.16. The van der Waals surface area contributed by atoms with Crippen LogP contribution in [-0.4, -0.2) is 18.3 Å². The van der Waals surface area contributed by atoms with Crippen LogP contribution in [0.2, 0.25) is 0 Å². The van der Waals surface area contributed by atoms with Gasteiger partial charge in [-0.1, -0.05) is 43.3 Å². The van der Waals surface area contributed by atoms with Gasteiger partial charge in [-0.25, -0.2) is 4.39 Å². The van der Waals surface area contributed by atoms with Crippen molar-refractivity contribution < 1.29 is 18.6 Å². The van der Waals surface area contributed by atoms with E-state index in [9.17, 15) is 4.39 Å². The van der Waals surface area contributed by atoms with E-state index in [2.05, 4.69) is 19.1 Å². The smallest absolute Gasteiger partial charge is 0.123 e. The summed E-state index contributed by atoms with van der Waals surface area (Å²) < 4.78 is 31.8. The standard InChI is InChI=1S/C20H21FO3/c1-2-17-19(22-11-13-6-5-8-15(21)10-13)20-18(24-17)16-9-4-3-7-14(16)12-23-20/h3-10,17-20H,2,11-12H2,1H3/t17-,18-,19+,20+/m1/s1. The van der Waals surface area contributed by atoms with Crippen molar-refractivity contribution in [1.82, 2.24) is 0 Å². The molecule has 0 bridgehead atoms. The SMILES string of the molecule is CC[C@H]1O[C@@H]2c3ccccc3CO[C@@H]2[C@H]1OCc1cccc(F)c1. The second-order valence-corrected chi connectivity index (χ2v) is 6.38. The first-order valence-electron chi connectivity index (χ1n) is 8.47. The van der Waals surface area contributed by atoms with Gasteiger partial charge < -0.3 is 14.2 Å². The molecular weight excluding hydrogens is 307 g/mol. The van der Waals surface area contributed by atoms with Crippen LogP contribution in [-0.2, 0) is 27.4 Å². The Balaban J connectivity index is 1.53. The van der Waals surface area contributed by atoms with Crippen LogP contribution in [0.3, 0.4) is 0 Å². The fourth-order valence-corrected chi connectivity index (χ4v) is 3.64. The summed E-state index contributed by atoms with van der Waals surface area (Å²) >= 11 is 0. The number of halogens is 1. The Morgan fingerprint density at radius 2 is 2.04 bits per heavy atom. The third-order valence-electron chi connectivity index (χ3n) is 4.84. The van der Waals surface area contributed by atoms with Gasteiger partial charge in [0.1, 0.15) is 24.1 Å². The monoisotopic (exact) mass is 328 g/mol. The van der Waals surface area contributed by atoms with Crippen LogP contribution in [0, 0.1) is 5.82 Å². The number of rotatable bonds is 4. The van der Waals surface area contributed by atoms with Gasteiger partial charge in [0.2, 0.25) is 0 Å². The number of hydrogen-bond acceptors (Lipinski definition) is 3. The molecule has 0 saturated carbocycles. The molecular formula is C20H21FO3. The first-order chi connectivity index (χ1) is 11.8. The lowest BCUT2D eigenvalue weighted by Gasteiger charge is -2.30. The highest BCUT2D eigenvalue weighted by Gasteiger charge is 2.48. The highest BCUT2D eigenvalue weighted by Crippen LogP contribution is 2.43. The van der Waals surface area contributed by atoms with Crippen molar-refractivity contribution in [3.05, 3.63) is 71.0 Å². The van der Waals surface area contributed by atoms with Crippen LogP contribution >= 0.6 is 0 Å². The molecule has 0 radical (unpaired) electrons. The molecule has 0 amide bonds. The molecule has 2 aliphatic heterocycles. The molecule has 2 heterocycles. The molecule has 0 aromatic heterocycles. The quantitative estimate of drug-likeness (QED) is 0.843. The molecule has 0 N–H and O–H groups in total. The minimum absolute atomic E-state index is 0.0142. The Labute approximate surface area is 141 Å². The van der Waals surface area contributed by atoms with Gasteiger partial charge >= 0.3 is 0 Å². The second-order valence-electron chi connectivity index (χ2n) is 6.38. The maximum absolute atomic E-state index is 13.3. The number of ether oxygens (including phenoxy) is 3. The zero-order chi connectivity index (χ0) is 16.5. The van der Waals surface area contributed by atoms with Gasteiger partial charge in [0.05, 0.1) is 19.3 Å². The summed E-state index contributed by atoms with van der Waals surface area (Å²) in [4.78, 5) is 0. The number of fused-ring (bicyclic) bond motifs is 3. The van der Waals surface area contributed by atoms with E-state index in [0.29, 0.717) is 13.2 Å². The summed E-state index contributed by atoms with van der Waals surface area (Å²) in [6.45, 7) is 3.03. The fourth-order valence-electron chi connectivity index (χ4n) is 3.64. The van der Waals surface area contributed by atoms with Crippen LogP contribution < -0.4 is 0 Å². The van der Waals surface area contributed by atoms with E-state index < -0.39 is 0 Å². The van der Waals surface area contributed by atoms with Gasteiger partial charge in [0.25, 0.3) is 0 Å². The summed E-state index contributed by atoms with van der Waals surface area (Å²) in [5, 5.41) is 0. The molecule has 0 aliphatic carbocycles. The third kappa shape index (κ3) is 2.86. The normalized spacial score (nSPS) is 28.4. The minimum Gasteiger partial charge on any atom is -0.368 e. The summed E-state index contributed by atoms with van der Waals surface area (Å²) in [6.07, 6.45) is 0.499. The van der Waals surface area contributed by atoms with Crippen molar-refractivity contribution in [3.63, 3.8) is 0 Å². The maximum atomic E-state index is 13.3. The van der Waals surface area contributed by atoms with Crippen molar-refractivity contribution in [3.8, 4) is 0 Å². The van der Waals surface area contributed by atoms with Gasteiger partial charge in [-0.05, 0) is 35.2 Å². The Morgan fingerprint density at radius 3 is 2.88 bits per heavy atom. The summed E-state index contributed by atoms with van der Waals surface area (Å²) in [6, 6.07) is 14.8. The predicted molar refractivity (Wildman–Crippen MR) is 87.9 cm³/mol. The van der Waals surface area contributed by atoms with Crippen molar-refractivity contribution in [2.75, 3.05) is 0 Å². The number of benzene rings is 2. The van der Waals surface area contributed by atoms with Crippen molar-refractivity contribution in [2.45, 2.75) is 51.0 Å². The molecule has 4 rings (SSSR count). The molecule has 0 spiro atoms. The van der Waals surface area contributed by atoms with Crippen molar-refractivity contribution >= 4 is 0 Å². The molecule has 0 unspecified atom stereocenters. The lowest BCUT2D eigenvalue weighted by Crippen LogP contribution is -2.37. The molecule has 2 aromatic carbocycles.